The molecule has 3 aromatic rings. The molecular weight excluding hydrogens is 452 g/mol. The fourth-order valence-electron chi connectivity index (χ4n) is 3.37. The van der Waals surface area contributed by atoms with E-state index in [-0.39, 0.29) is 24.9 Å². The van der Waals surface area contributed by atoms with Gasteiger partial charge >= 0.3 is 0 Å². The number of likely N-dealkylation sites (N-methyl/N-ethyl adjacent to an activating group) is 1. The lowest BCUT2D eigenvalue weighted by Crippen LogP contribution is -2.45. The van der Waals surface area contributed by atoms with E-state index in [1.165, 1.54) is 11.3 Å². The predicted octanol–water partition coefficient (Wildman–Crippen LogP) is 2.92. The van der Waals surface area contributed by atoms with Gasteiger partial charge in [0.15, 0.2) is 5.13 Å². The van der Waals surface area contributed by atoms with Gasteiger partial charge in [0, 0.05) is 13.1 Å². The lowest BCUT2D eigenvalue weighted by molar-refractivity contribution is -0.119. The average Bonchev–Trinajstić information content (AvgIpc) is 3.28. The molecule has 1 aromatic heterocycles. The second kappa shape index (κ2) is 9.64. The van der Waals surface area contributed by atoms with Gasteiger partial charge in [-0.25, -0.2) is 4.98 Å². The summed E-state index contributed by atoms with van der Waals surface area (Å²) in [7, 11) is 5.42. The third-order valence-corrected chi connectivity index (χ3v) is 6.10. The molecule has 0 N–H and O–H groups in total. The molecule has 0 saturated heterocycles. The Morgan fingerprint density at radius 3 is 2.31 bits per heavy atom. The molecule has 8 nitrogen and oxygen atoms in total. The Kier molecular flexibility index (Phi) is 7.12. The third-order valence-electron chi connectivity index (χ3n) is 5.06. The second-order valence-electron chi connectivity index (χ2n) is 7.42. The monoisotopic (exact) mass is 474 g/mol. The summed E-state index contributed by atoms with van der Waals surface area (Å²) >= 11 is 1.37. The van der Waals surface area contributed by atoms with Crippen LogP contribution in [-0.4, -0.2) is 73.3 Å². The first kappa shape index (κ1) is 23.6. The number of rotatable bonds is 7. The number of imide groups is 1. The molecule has 0 saturated carbocycles. The zero-order valence-corrected chi connectivity index (χ0v) is 19.5. The van der Waals surface area contributed by atoms with Crippen molar-refractivity contribution in [2.75, 3.05) is 45.7 Å². The smallest absolute Gasteiger partial charge is 0.262 e. The number of hydrogen-bond acceptors (Lipinski definition) is 7. The maximum absolute atomic E-state index is 13.3. The van der Waals surface area contributed by atoms with Crippen LogP contribution in [0, 0.1) is 0 Å². The van der Waals surface area contributed by atoms with Gasteiger partial charge in [-0.1, -0.05) is 23.5 Å². The Labute approximate surface area is 195 Å². The predicted molar refractivity (Wildman–Crippen MR) is 126 cm³/mol. The van der Waals surface area contributed by atoms with Crippen LogP contribution < -0.4 is 9.64 Å². The summed E-state index contributed by atoms with van der Waals surface area (Å²) in [5.74, 6) is -0.548. The summed E-state index contributed by atoms with van der Waals surface area (Å²) < 4.78 is 6.16. The quantitative estimate of drug-likeness (QED) is 0.490. The highest BCUT2D eigenvalue weighted by Crippen LogP contribution is 2.32. The number of amides is 3. The van der Waals surface area contributed by atoms with Crippen LogP contribution in [0.25, 0.3) is 10.2 Å². The highest BCUT2D eigenvalue weighted by atomic mass is 35.5. The van der Waals surface area contributed by atoms with Crippen LogP contribution in [0.5, 0.6) is 5.75 Å². The minimum Gasteiger partial charge on any atom is -0.497 e. The zero-order chi connectivity index (χ0) is 22.1. The number of halogens is 1. The molecule has 0 radical (unpaired) electrons. The van der Waals surface area contributed by atoms with Gasteiger partial charge in [0.25, 0.3) is 11.8 Å². The fourth-order valence-corrected chi connectivity index (χ4v) is 4.40. The molecule has 0 atom stereocenters. The van der Waals surface area contributed by atoms with Gasteiger partial charge in [0.1, 0.15) is 12.3 Å². The number of nitrogens with zero attached hydrogens (tertiary/aromatic N) is 4. The van der Waals surface area contributed by atoms with E-state index in [4.69, 9.17) is 4.74 Å². The molecule has 0 spiro atoms. The van der Waals surface area contributed by atoms with Crippen LogP contribution in [0.1, 0.15) is 20.7 Å². The van der Waals surface area contributed by atoms with Crippen molar-refractivity contribution in [1.82, 2.24) is 14.8 Å². The van der Waals surface area contributed by atoms with Crippen molar-refractivity contribution in [3.8, 4) is 5.75 Å². The fraction of sp³-hybridized carbons (Fsp3) is 0.273. The Morgan fingerprint density at radius 1 is 1.06 bits per heavy atom. The molecule has 0 aliphatic carbocycles. The van der Waals surface area contributed by atoms with Crippen LogP contribution in [0.15, 0.2) is 42.5 Å². The van der Waals surface area contributed by atoms with E-state index >= 15 is 0 Å². The molecule has 1 aliphatic rings. The molecule has 4 rings (SSSR count). The van der Waals surface area contributed by atoms with Crippen molar-refractivity contribution in [2.45, 2.75) is 0 Å². The molecule has 1 aliphatic heterocycles. The Morgan fingerprint density at radius 2 is 1.72 bits per heavy atom. The maximum atomic E-state index is 13.3. The molecule has 0 bridgehead atoms. The first-order valence-corrected chi connectivity index (χ1v) is 10.6. The summed E-state index contributed by atoms with van der Waals surface area (Å²) in [6.07, 6.45) is 0. The number of ether oxygens (including phenoxy) is 1. The van der Waals surface area contributed by atoms with E-state index < -0.39 is 11.8 Å². The number of anilines is 1. The highest BCUT2D eigenvalue weighted by molar-refractivity contribution is 7.22. The topological polar surface area (TPSA) is 83.1 Å². The van der Waals surface area contributed by atoms with Gasteiger partial charge < -0.3 is 9.64 Å². The van der Waals surface area contributed by atoms with Crippen molar-refractivity contribution in [1.29, 1.82) is 0 Å². The maximum Gasteiger partial charge on any atom is 0.262 e. The number of methoxy groups -OCH3 is 1. The number of carbonyl (C=O) groups is 3. The molecule has 2 heterocycles. The summed E-state index contributed by atoms with van der Waals surface area (Å²) in [6.45, 7) is 0.651. The number of benzene rings is 2. The minimum absolute atomic E-state index is 0. The SMILES string of the molecule is COc1ccc2nc(N(CCN(C)C)C(=O)CN3C(=O)c4ccccc4C3=O)sc2c1.Cl. The Bertz CT molecular complexity index is 1140. The van der Waals surface area contributed by atoms with Crippen LogP contribution in [0.3, 0.4) is 0 Å². The summed E-state index contributed by atoms with van der Waals surface area (Å²) in [4.78, 5) is 47.7. The number of hydrogen-bond donors (Lipinski definition) is 0. The number of carbonyl (C=O) groups excluding carboxylic acids is 3. The Balaban J connectivity index is 0.00000289. The zero-order valence-electron chi connectivity index (χ0n) is 17.9. The van der Waals surface area contributed by atoms with E-state index in [0.717, 1.165) is 15.1 Å². The van der Waals surface area contributed by atoms with Crippen molar-refractivity contribution in [2.24, 2.45) is 0 Å². The van der Waals surface area contributed by atoms with Crippen molar-refractivity contribution >= 4 is 56.8 Å². The number of thiazole rings is 1. The number of fused-ring (bicyclic) bond motifs is 2. The summed E-state index contributed by atoms with van der Waals surface area (Å²) in [5.41, 5.74) is 1.41. The molecule has 168 valence electrons. The largest absolute Gasteiger partial charge is 0.497 e. The van der Waals surface area contributed by atoms with E-state index in [9.17, 15) is 14.4 Å². The van der Waals surface area contributed by atoms with Crippen molar-refractivity contribution in [3.05, 3.63) is 53.6 Å². The van der Waals surface area contributed by atoms with Crippen LogP contribution in [-0.2, 0) is 4.79 Å². The van der Waals surface area contributed by atoms with E-state index in [1.807, 2.05) is 37.2 Å². The normalized spacial score (nSPS) is 12.8. The molecular formula is C22H23ClN4O4S. The molecule has 2 aromatic carbocycles. The van der Waals surface area contributed by atoms with Gasteiger partial charge in [-0.2, -0.15) is 0 Å². The average molecular weight is 475 g/mol. The first-order valence-electron chi connectivity index (χ1n) is 9.74. The number of aromatic nitrogens is 1. The summed E-state index contributed by atoms with van der Waals surface area (Å²) in [6, 6.07) is 12.1. The first-order chi connectivity index (χ1) is 14.9. The van der Waals surface area contributed by atoms with Crippen molar-refractivity contribution < 1.29 is 19.1 Å². The lowest BCUT2D eigenvalue weighted by atomic mass is 10.1. The molecule has 3 amide bonds. The molecule has 10 heteroatoms. The van der Waals surface area contributed by atoms with Crippen molar-refractivity contribution in [3.63, 3.8) is 0 Å². The van der Waals surface area contributed by atoms with Crippen LogP contribution in [0.4, 0.5) is 5.13 Å². The minimum atomic E-state index is -0.449. The van der Waals surface area contributed by atoms with Gasteiger partial charge in [0.05, 0.1) is 28.5 Å². The Hall–Kier alpha value is -3.01. The van der Waals surface area contributed by atoms with Gasteiger partial charge in [-0.05, 0) is 44.4 Å². The van der Waals surface area contributed by atoms with Crippen LogP contribution >= 0.6 is 23.7 Å². The standard InChI is InChI=1S/C22H22N4O4S.ClH/c1-24(2)10-11-25(22-23-17-9-8-14(30-3)12-18(17)31-22)19(27)13-26-20(28)15-6-4-5-7-16(15)21(26)29;/h4-9,12H,10-11,13H2,1-3H3;1H. The van der Waals surface area contributed by atoms with Gasteiger partial charge in [0.2, 0.25) is 5.91 Å². The lowest BCUT2D eigenvalue weighted by Gasteiger charge is -2.24. The van der Waals surface area contributed by atoms with Crippen LogP contribution in [0.2, 0.25) is 0 Å². The van der Waals surface area contributed by atoms with E-state index in [2.05, 4.69) is 4.98 Å². The third kappa shape index (κ3) is 4.45. The molecule has 0 fully saturated rings. The summed E-state index contributed by atoms with van der Waals surface area (Å²) in [5, 5.41) is 0.520. The highest BCUT2D eigenvalue weighted by Gasteiger charge is 2.37. The van der Waals surface area contributed by atoms with Gasteiger partial charge in [-0.15, -0.1) is 12.4 Å². The van der Waals surface area contributed by atoms with E-state index in [0.29, 0.717) is 35.1 Å². The molecule has 32 heavy (non-hydrogen) atoms. The van der Waals surface area contributed by atoms with E-state index in [1.54, 1.807) is 36.3 Å². The molecule has 0 unspecified atom stereocenters. The second-order valence-corrected chi connectivity index (χ2v) is 8.43. The van der Waals surface area contributed by atoms with Gasteiger partial charge in [-0.3, -0.25) is 24.2 Å².